The first-order chi connectivity index (χ1) is 11.9. The predicted octanol–water partition coefficient (Wildman–Crippen LogP) is 5.18. The third kappa shape index (κ3) is 3.78. The summed E-state index contributed by atoms with van der Waals surface area (Å²) in [4.78, 5) is 21.9. The standard InChI is InChI=1S/C20H13BrO4/c21-18-10-16(12-1-5-14(6-2-12)19(22)23)9-17(11-18)13-3-7-15(8-4-13)20(24)25/h1-11H,(H,22,23)(H,24,25). The lowest BCUT2D eigenvalue weighted by Gasteiger charge is -2.09. The molecule has 0 saturated heterocycles. The highest BCUT2D eigenvalue weighted by molar-refractivity contribution is 9.10. The van der Waals surface area contributed by atoms with Gasteiger partial charge in [-0.2, -0.15) is 0 Å². The van der Waals surface area contributed by atoms with Crippen LogP contribution >= 0.6 is 15.9 Å². The van der Waals surface area contributed by atoms with Crippen LogP contribution in [0.15, 0.2) is 71.2 Å². The van der Waals surface area contributed by atoms with Crippen LogP contribution in [0.4, 0.5) is 0 Å². The van der Waals surface area contributed by atoms with Crippen LogP contribution in [0.25, 0.3) is 22.3 Å². The maximum atomic E-state index is 11.0. The highest BCUT2D eigenvalue weighted by Gasteiger charge is 2.08. The lowest BCUT2D eigenvalue weighted by molar-refractivity contribution is 0.0686. The van der Waals surface area contributed by atoms with Crippen LogP contribution < -0.4 is 0 Å². The third-order valence-electron chi connectivity index (χ3n) is 3.83. The van der Waals surface area contributed by atoms with E-state index in [-0.39, 0.29) is 11.1 Å². The Hall–Kier alpha value is -2.92. The molecule has 0 aliphatic heterocycles. The molecule has 0 radical (unpaired) electrons. The summed E-state index contributed by atoms with van der Waals surface area (Å²) in [5.74, 6) is -1.92. The molecule has 0 atom stereocenters. The lowest BCUT2D eigenvalue weighted by atomic mass is 9.98. The van der Waals surface area contributed by atoms with Gasteiger partial charge in [0.25, 0.3) is 0 Å². The van der Waals surface area contributed by atoms with Gasteiger partial charge in [0.1, 0.15) is 0 Å². The molecule has 0 spiro atoms. The van der Waals surface area contributed by atoms with Crippen molar-refractivity contribution in [1.29, 1.82) is 0 Å². The maximum absolute atomic E-state index is 11.0. The van der Waals surface area contributed by atoms with E-state index in [0.717, 1.165) is 26.7 Å². The number of carbonyl (C=O) groups is 2. The summed E-state index contributed by atoms with van der Waals surface area (Å²) >= 11 is 3.49. The van der Waals surface area contributed by atoms with Gasteiger partial charge in [-0.3, -0.25) is 0 Å². The van der Waals surface area contributed by atoms with Gasteiger partial charge >= 0.3 is 11.9 Å². The summed E-state index contributed by atoms with van der Waals surface area (Å²) in [6.45, 7) is 0. The van der Waals surface area contributed by atoms with Crippen LogP contribution in [0.3, 0.4) is 0 Å². The Bertz CT molecular complexity index is 869. The molecule has 0 amide bonds. The number of carboxylic acid groups (broad SMARTS) is 2. The van der Waals surface area contributed by atoms with Gasteiger partial charge in [0.15, 0.2) is 0 Å². The minimum atomic E-state index is -0.958. The van der Waals surface area contributed by atoms with Crippen LogP contribution in [-0.4, -0.2) is 22.2 Å². The fraction of sp³-hybridized carbons (Fsp3) is 0. The lowest BCUT2D eigenvalue weighted by Crippen LogP contribution is -1.95. The number of hydrogen-bond acceptors (Lipinski definition) is 2. The van der Waals surface area contributed by atoms with Crippen LogP contribution in [0.2, 0.25) is 0 Å². The van der Waals surface area contributed by atoms with Gasteiger partial charge in [0.05, 0.1) is 11.1 Å². The molecule has 0 saturated carbocycles. The molecule has 4 nitrogen and oxygen atoms in total. The highest BCUT2D eigenvalue weighted by Crippen LogP contribution is 2.31. The molecule has 3 aromatic rings. The van der Waals surface area contributed by atoms with Gasteiger partial charge in [-0.15, -0.1) is 0 Å². The number of aromatic carboxylic acids is 2. The molecule has 0 unspecified atom stereocenters. The van der Waals surface area contributed by atoms with Gasteiger partial charge < -0.3 is 10.2 Å². The van der Waals surface area contributed by atoms with Crippen molar-refractivity contribution in [2.45, 2.75) is 0 Å². The second-order valence-corrected chi connectivity index (χ2v) is 6.41. The van der Waals surface area contributed by atoms with Crippen molar-refractivity contribution in [1.82, 2.24) is 0 Å². The van der Waals surface area contributed by atoms with Crippen molar-refractivity contribution >= 4 is 27.9 Å². The van der Waals surface area contributed by atoms with E-state index in [1.165, 1.54) is 0 Å². The van der Waals surface area contributed by atoms with E-state index in [4.69, 9.17) is 10.2 Å². The van der Waals surface area contributed by atoms with E-state index in [2.05, 4.69) is 15.9 Å². The molecule has 0 aliphatic rings. The van der Waals surface area contributed by atoms with E-state index in [0.29, 0.717) is 0 Å². The Morgan fingerprint density at radius 1 is 0.600 bits per heavy atom. The summed E-state index contributed by atoms with van der Waals surface area (Å²) in [5.41, 5.74) is 4.14. The number of carboxylic acids is 2. The highest BCUT2D eigenvalue weighted by atomic mass is 79.9. The number of rotatable bonds is 4. The molecule has 25 heavy (non-hydrogen) atoms. The SMILES string of the molecule is O=C(O)c1ccc(-c2cc(Br)cc(-c3ccc(C(=O)O)cc3)c2)cc1. The Balaban J connectivity index is 2.00. The first-order valence-electron chi connectivity index (χ1n) is 7.42. The van der Waals surface area contributed by atoms with E-state index < -0.39 is 11.9 Å². The summed E-state index contributed by atoms with van der Waals surface area (Å²) < 4.78 is 0.879. The van der Waals surface area contributed by atoms with Crippen molar-refractivity contribution < 1.29 is 19.8 Å². The largest absolute Gasteiger partial charge is 0.478 e. The summed E-state index contributed by atoms with van der Waals surface area (Å²) in [5, 5.41) is 18.0. The normalized spacial score (nSPS) is 10.4. The maximum Gasteiger partial charge on any atom is 0.335 e. The van der Waals surface area contributed by atoms with Crippen molar-refractivity contribution in [3.05, 3.63) is 82.3 Å². The Morgan fingerprint density at radius 2 is 0.960 bits per heavy atom. The predicted molar refractivity (Wildman–Crippen MR) is 98.9 cm³/mol. The van der Waals surface area contributed by atoms with E-state index >= 15 is 0 Å². The molecule has 0 heterocycles. The fourth-order valence-corrected chi connectivity index (χ4v) is 3.03. The van der Waals surface area contributed by atoms with Gasteiger partial charge in [-0.05, 0) is 64.7 Å². The minimum Gasteiger partial charge on any atom is -0.478 e. The fourth-order valence-electron chi connectivity index (χ4n) is 2.53. The molecule has 124 valence electrons. The van der Waals surface area contributed by atoms with Crippen molar-refractivity contribution in [2.75, 3.05) is 0 Å². The quantitative estimate of drug-likeness (QED) is 0.636. The van der Waals surface area contributed by atoms with Crippen LogP contribution in [-0.2, 0) is 0 Å². The second kappa shape index (κ2) is 6.91. The first-order valence-corrected chi connectivity index (χ1v) is 8.21. The summed E-state index contributed by atoms with van der Waals surface area (Å²) in [6.07, 6.45) is 0. The Morgan fingerprint density at radius 3 is 1.28 bits per heavy atom. The van der Waals surface area contributed by atoms with E-state index in [1.807, 2.05) is 18.2 Å². The van der Waals surface area contributed by atoms with E-state index in [9.17, 15) is 9.59 Å². The molecular weight excluding hydrogens is 384 g/mol. The zero-order valence-electron chi connectivity index (χ0n) is 12.9. The van der Waals surface area contributed by atoms with E-state index in [1.54, 1.807) is 48.5 Å². The molecule has 0 aliphatic carbocycles. The minimum absolute atomic E-state index is 0.239. The number of benzene rings is 3. The van der Waals surface area contributed by atoms with Gasteiger partial charge in [-0.1, -0.05) is 40.2 Å². The molecule has 3 aromatic carbocycles. The molecule has 3 rings (SSSR count). The molecule has 5 heteroatoms. The molecule has 0 fully saturated rings. The summed E-state index contributed by atoms with van der Waals surface area (Å²) in [7, 11) is 0. The van der Waals surface area contributed by atoms with Crippen LogP contribution in [0.1, 0.15) is 20.7 Å². The smallest absolute Gasteiger partial charge is 0.335 e. The van der Waals surface area contributed by atoms with Gasteiger partial charge in [-0.25, -0.2) is 9.59 Å². The van der Waals surface area contributed by atoms with Crippen LogP contribution in [0, 0.1) is 0 Å². The average molecular weight is 397 g/mol. The van der Waals surface area contributed by atoms with Gasteiger partial charge in [0, 0.05) is 4.47 Å². The number of hydrogen-bond donors (Lipinski definition) is 2. The first kappa shape index (κ1) is 16.9. The monoisotopic (exact) mass is 396 g/mol. The van der Waals surface area contributed by atoms with Gasteiger partial charge in [0.2, 0.25) is 0 Å². The topological polar surface area (TPSA) is 74.6 Å². The zero-order chi connectivity index (χ0) is 18.0. The summed E-state index contributed by atoms with van der Waals surface area (Å²) in [6, 6.07) is 19.2. The van der Waals surface area contributed by atoms with Crippen LogP contribution in [0.5, 0.6) is 0 Å². The molecular formula is C20H13BrO4. The third-order valence-corrected chi connectivity index (χ3v) is 4.29. The average Bonchev–Trinajstić information content (AvgIpc) is 2.61. The molecule has 0 aromatic heterocycles. The Labute approximate surface area is 152 Å². The van der Waals surface area contributed by atoms with Crippen molar-refractivity contribution in [3.63, 3.8) is 0 Å². The molecule has 0 bridgehead atoms. The number of halogens is 1. The second-order valence-electron chi connectivity index (χ2n) is 5.49. The van der Waals surface area contributed by atoms with Crippen molar-refractivity contribution in [3.8, 4) is 22.3 Å². The zero-order valence-corrected chi connectivity index (χ0v) is 14.5. The Kier molecular flexibility index (Phi) is 4.67. The van der Waals surface area contributed by atoms with Crippen molar-refractivity contribution in [2.24, 2.45) is 0 Å². The molecule has 2 N–H and O–H groups in total.